The minimum atomic E-state index is -1.25. The van der Waals surface area contributed by atoms with Crippen LogP contribution in [-0.2, 0) is 5.60 Å². The smallest absolute Gasteiger partial charge is 0.144 e. The number of hydrogen-bond acceptors (Lipinski definition) is 4. The van der Waals surface area contributed by atoms with Gasteiger partial charge in [-0.1, -0.05) is 42.5 Å². The average molecular weight is 389 g/mol. The molecule has 4 rings (SSSR count). The van der Waals surface area contributed by atoms with Gasteiger partial charge in [0.05, 0.1) is 0 Å². The van der Waals surface area contributed by atoms with Gasteiger partial charge in [-0.25, -0.2) is 0 Å². The van der Waals surface area contributed by atoms with Gasteiger partial charge >= 0.3 is 0 Å². The summed E-state index contributed by atoms with van der Waals surface area (Å²) < 4.78 is 5.99. The summed E-state index contributed by atoms with van der Waals surface area (Å²) in [5.41, 5.74) is 4.42. The number of benzene rings is 3. The lowest BCUT2D eigenvalue weighted by atomic mass is 9.75. The van der Waals surface area contributed by atoms with Gasteiger partial charge in [-0.05, 0) is 56.4 Å². The molecule has 0 fully saturated rings. The molecule has 0 radical (unpaired) electrons. The average Bonchev–Trinajstić information content (AvgIpc) is 2.72. The Bertz CT molecular complexity index is 1030. The zero-order valence-corrected chi connectivity index (χ0v) is 17.5. The molecule has 1 heterocycles. The molecule has 3 aromatic rings. The molecule has 0 aromatic heterocycles. The molecule has 4 heteroatoms. The molecule has 150 valence electrons. The number of ether oxygens (including phenoxy) is 1. The van der Waals surface area contributed by atoms with E-state index in [-0.39, 0.29) is 0 Å². The van der Waals surface area contributed by atoms with E-state index in [4.69, 9.17) is 4.74 Å². The van der Waals surface area contributed by atoms with E-state index in [1.807, 2.05) is 88.7 Å². The Morgan fingerprint density at radius 1 is 0.897 bits per heavy atom. The Labute approximate surface area is 173 Å². The molecule has 29 heavy (non-hydrogen) atoms. The van der Waals surface area contributed by atoms with Crippen LogP contribution in [0.25, 0.3) is 0 Å². The lowest BCUT2D eigenvalue weighted by Gasteiger charge is -2.42. The van der Waals surface area contributed by atoms with Crippen molar-refractivity contribution in [3.63, 3.8) is 0 Å². The van der Waals surface area contributed by atoms with Crippen molar-refractivity contribution in [1.29, 1.82) is 0 Å². The normalized spacial score (nSPS) is 17.8. The third-order valence-corrected chi connectivity index (χ3v) is 5.72. The number of aryl methyl sites for hydroxylation is 1. The number of hydrogen-bond donors (Lipinski definition) is 1. The fourth-order valence-electron chi connectivity index (χ4n) is 4.15. The number of likely N-dealkylation sites (N-methyl/N-ethyl adjacent to an activating group) is 1. The molecule has 3 aromatic carbocycles. The lowest BCUT2D eigenvalue weighted by molar-refractivity contribution is 0.123. The van der Waals surface area contributed by atoms with E-state index in [1.54, 1.807) is 0 Å². The number of nitrogens with zero attached hydrogens (tertiary/aromatic N) is 2. The van der Waals surface area contributed by atoms with E-state index in [0.717, 1.165) is 45.9 Å². The maximum atomic E-state index is 12.3. The minimum Gasteiger partial charge on any atom is -0.492 e. The van der Waals surface area contributed by atoms with Crippen LogP contribution >= 0.6 is 0 Å². The van der Waals surface area contributed by atoms with Crippen molar-refractivity contribution in [3.05, 3.63) is 89.0 Å². The van der Waals surface area contributed by atoms with Crippen LogP contribution in [0, 0.1) is 6.92 Å². The van der Waals surface area contributed by atoms with Gasteiger partial charge in [-0.2, -0.15) is 0 Å². The summed E-state index contributed by atoms with van der Waals surface area (Å²) in [4.78, 5) is 4.23. The van der Waals surface area contributed by atoms with Crippen molar-refractivity contribution in [2.24, 2.45) is 0 Å². The molecule has 4 nitrogen and oxygen atoms in total. The van der Waals surface area contributed by atoms with Crippen LogP contribution in [0.5, 0.6) is 5.75 Å². The lowest BCUT2D eigenvalue weighted by Crippen LogP contribution is -2.37. The van der Waals surface area contributed by atoms with Gasteiger partial charge < -0.3 is 19.6 Å². The summed E-state index contributed by atoms with van der Waals surface area (Å²) in [6, 6.07) is 22.1. The topological polar surface area (TPSA) is 35.9 Å². The third-order valence-electron chi connectivity index (χ3n) is 5.72. The Balaban J connectivity index is 1.89. The van der Waals surface area contributed by atoms with Crippen molar-refractivity contribution in [3.8, 4) is 5.75 Å². The Morgan fingerprint density at radius 3 is 2.28 bits per heavy atom. The van der Waals surface area contributed by atoms with Crippen LogP contribution in [0.15, 0.2) is 66.7 Å². The molecule has 0 saturated heterocycles. The standard InChI is InChI=1S/C25H28N2O2/c1-18-9-5-6-10-20(18)25(28)21-11-7-8-12-23(21)27(4)24-14-13-19(17-22(24)25)29-16-15-26(2)3/h5-14,17,28H,15-16H2,1-4H3. The van der Waals surface area contributed by atoms with Gasteiger partial charge in [0.25, 0.3) is 0 Å². The molecule has 0 amide bonds. The van der Waals surface area contributed by atoms with E-state index in [0.29, 0.717) is 6.61 Å². The summed E-state index contributed by atoms with van der Waals surface area (Å²) in [5.74, 6) is 0.769. The largest absolute Gasteiger partial charge is 0.492 e. The van der Waals surface area contributed by atoms with E-state index < -0.39 is 5.60 Å². The highest BCUT2D eigenvalue weighted by Gasteiger charge is 2.43. The van der Waals surface area contributed by atoms with E-state index >= 15 is 0 Å². The first-order valence-corrected chi connectivity index (χ1v) is 9.96. The summed E-state index contributed by atoms with van der Waals surface area (Å²) in [6.07, 6.45) is 0. The van der Waals surface area contributed by atoms with Gasteiger partial charge in [0.2, 0.25) is 0 Å². The predicted octanol–water partition coefficient (Wildman–Crippen LogP) is 4.30. The zero-order valence-electron chi connectivity index (χ0n) is 17.5. The van der Waals surface area contributed by atoms with Crippen LogP contribution < -0.4 is 9.64 Å². The second-order valence-corrected chi connectivity index (χ2v) is 7.93. The molecular weight excluding hydrogens is 360 g/mol. The van der Waals surface area contributed by atoms with Crippen LogP contribution in [0.1, 0.15) is 22.3 Å². The van der Waals surface area contributed by atoms with Gasteiger partial charge in [-0.3, -0.25) is 0 Å². The molecule has 1 aliphatic heterocycles. The molecular formula is C25H28N2O2. The van der Waals surface area contributed by atoms with Gasteiger partial charge in [0, 0.05) is 36.1 Å². The highest BCUT2D eigenvalue weighted by Crippen LogP contribution is 2.51. The maximum Gasteiger partial charge on any atom is 0.144 e. The SMILES string of the molecule is Cc1ccccc1C1(O)c2ccccc2N(C)c2ccc(OCCN(C)C)cc21. The second kappa shape index (κ2) is 7.54. The molecule has 0 saturated carbocycles. The summed E-state index contributed by atoms with van der Waals surface area (Å²) in [6.45, 7) is 3.48. The Kier molecular flexibility index (Phi) is 5.07. The highest BCUT2D eigenvalue weighted by molar-refractivity contribution is 5.79. The van der Waals surface area contributed by atoms with Crippen molar-refractivity contribution >= 4 is 11.4 Å². The first-order valence-electron chi connectivity index (χ1n) is 9.96. The van der Waals surface area contributed by atoms with Crippen LogP contribution in [0.3, 0.4) is 0 Å². The molecule has 1 atom stereocenters. The minimum absolute atomic E-state index is 0.598. The summed E-state index contributed by atoms with van der Waals surface area (Å²) in [5, 5.41) is 12.3. The van der Waals surface area contributed by atoms with Gasteiger partial charge in [0.15, 0.2) is 0 Å². The fraction of sp³-hybridized carbons (Fsp3) is 0.280. The van der Waals surface area contributed by atoms with Crippen molar-refractivity contribution in [2.75, 3.05) is 39.2 Å². The van der Waals surface area contributed by atoms with Crippen LogP contribution in [0.4, 0.5) is 11.4 Å². The first kappa shape index (κ1) is 19.5. The molecule has 0 spiro atoms. The predicted molar refractivity (Wildman–Crippen MR) is 118 cm³/mol. The van der Waals surface area contributed by atoms with E-state index in [9.17, 15) is 5.11 Å². The number of rotatable bonds is 5. The van der Waals surface area contributed by atoms with Crippen LogP contribution in [0.2, 0.25) is 0 Å². The monoisotopic (exact) mass is 388 g/mol. The first-order chi connectivity index (χ1) is 13.9. The van der Waals surface area contributed by atoms with E-state index in [2.05, 4.69) is 15.9 Å². The van der Waals surface area contributed by atoms with Crippen LogP contribution in [-0.4, -0.2) is 44.3 Å². The van der Waals surface area contributed by atoms with E-state index in [1.165, 1.54) is 0 Å². The second-order valence-electron chi connectivity index (χ2n) is 7.93. The van der Waals surface area contributed by atoms with Crippen molar-refractivity contribution in [2.45, 2.75) is 12.5 Å². The summed E-state index contributed by atoms with van der Waals surface area (Å²) in [7, 11) is 6.10. The Hall–Kier alpha value is -2.82. The number of fused-ring (bicyclic) bond motifs is 2. The van der Waals surface area contributed by atoms with Crippen molar-refractivity contribution < 1.29 is 9.84 Å². The quantitative estimate of drug-likeness (QED) is 0.707. The fourth-order valence-corrected chi connectivity index (χ4v) is 4.15. The summed E-state index contributed by atoms with van der Waals surface area (Å²) >= 11 is 0. The molecule has 1 unspecified atom stereocenters. The molecule has 1 N–H and O–H groups in total. The third kappa shape index (κ3) is 3.28. The van der Waals surface area contributed by atoms with Crippen molar-refractivity contribution in [1.82, 2.24) is 4.90 Å². The highest BCUT2D eigenvalue weighted by atomic mass is 16.5. The molecule has 1 aliphatic rings. The van der Waals surface area contributed by atoms with Gasteiger partial charge in [-0.15, -0.1) is 0 Å². The maximum absolute atomic E-state index is 12.3. The number of para-hydroxylation sites is 1. The number of aliphatic hydroxyl groups is 1. The number of anilines is 2. The molecule has 0 aliphatic carbocycles. The van der Waals surface area contributed by atoms with Gasteiger partial charge in [0.1, 0.15) is 18.0 Å². The Morgan fingerprint density at radius 2 is 1.55 bits per heavy atom. The zero-order chi connectivity index (χ0) is 20.6. The molecule has 0 bridgehead atoms.